The average Bonchev–Trinajstić information content (AvgIpc) is 2.67. The minimum Gasteiger partial charge on any atom is -0.0798 e. The van der Waals surface area contributed by atoms with Crippen LogP contribution >= 0.6 is 0 Å². The first-order chi connectivity index (χ1) is 7.52. The van der Waals surface area contributed by atoms with Crippen molar-refractivity contribution in [2.75, 3.05) is 0 Å². The Balaban J connectivity index is 2.64. The Hall–Kier alpha value is -1.08. The molecular weight excluding hydrogens is 208 g/mol. The Kier molecular flexibility index (Phi) is 2.89. The van der Waals surface area contributed by atoms with E-state index in [1.165, 1.54) is 33.4 Å². The lowest BCUT2D eigenvalue weighted by atomic mass is 9.92. The molecule has 0 bridgehead atoms. The van der Waals surface area contributed by atoms with Crippen molar-refractivity contribution in [3.05, 3.63) is 46.0 Å². The minimum atomic E-state index is 1.10. The quantitative estimate of drug-likeness (QED) is 0.647. The van der Waals surface area contributed by atoms with Crippen LogP contribution in [0.5, 0.6) is 0 Å². The van der Waals surface area contributed by atoms with Crippen molar-refractivity contribution in [1.82, 2.24) is 0 Å². The summed E-state index contributed by atoms with van der Waals surface area (Å²) in [4.78, 5) is 0. The molecule has 0 atom stereocenters. The van der Waals surface area contributed by atoms with E-state index in [0.717, 1.165) is 16.7 Å². The third-order valence-electron chi connectivity index (χ3n) is 3.97. The van der Waals surface area contributed by atoms with Gasteiger partial charge in [-0.3, -0.25) is 0 Å². The maximum Gasteiger partial charge on any atom is 0.0392 e. The molecule has 16 heavy (non-hydrogen) atoms. The third-order valence-corrected chi connectivity index (χ3v) is 5.51. The molecule has 0 radical (unpaired) electrons. The standard InChI is InChI=1S/C15H20Si/c1-9-6-5-7-13(9)14-8-10(2)15(16)12(4)11(14)3/h5-6,8H,7H2,1-4,16H3. The van der Waals surface area contributed by atoms with Crippen LogP contribution in [0.25, 0.3) is 5.57 Å². The van der Waals surface area contributed by atoms with Crippen LogP contribution in [-0.4, -0.2) is 10.2 Å². The molecule has 1 aromatic carbocycles. The van der Waals surface area contributed by atoms with Crippen molar-refractivity contribution >= 4 is 21.0 Å². The van der Waals surface area contributed by atoms with Gasteiger partial charge in [-0.15, -0.1) is 0 Å². The predicted molar refractivity (Wildman–Crippen MR) is 76.6 cm³/mol. The van der Waals surface area contributed by atoms with Gasteiger partial charge in [0.1, 0.15) is 0 Å². The van der Waals surface area contributed by atoms with Gasteiger partial charge in [0.15, 0.2) is 0 Å². The first-order valence-electron chi connectivity index (χ1n) is 5.96. The van der Waals surface area contributed by atoms with Gasteiger partial charge in [0.2, 0.25) is 0 Å². The number of rotatable bonds is 1. The highest BCUT2D eigenvalue weighted by atomic mass is 28.1. The summed E-state index contributed by atoms with van der Waals surface area (Å²) in [6.07, 6.45) is 5.61. The first-order valence-corrected chi connectivity index (χ1v) is 6.96. The molecule has 1 aliphatic rings. The number of allylic oxidation sites excluding steroid dienone is 4. The molecule has 84 valence electrons. The molecule has 0 amide bonds. The maximum absolute atomic E-state index is 2.39. The van der Waals surface area contributed by atoms with Crippen molar-refractivity contribution in [2.45, 2.75) is 34.1 Å². The molecule has 0 nitrogen and oxygen atoms in total. The fourth-order valence-electron chi connectivity index (χ4n) is 2.46. The van der Waals surface area contributed by atoms with Crippen molar-refractivity contribution in [1.29, 1.82) is 0 Å². The van der Waals surface area contributed by atoms with E-state index in [1.807, 2.05) is 0 Å². The second-order valence-corrected chi connectivity index (χ2v) is 5.88. The molecule has 1 aromatic rings. The van der Waals surface area contributed by atoms with Crippen LogP contribution in [0.3, 0.4) is 0 Å². The third kappa shape index (κ3) is 1.69. The summed E-state index contributed by atoms with van der Waals surface area (Å²) < 4.78 is 0. The molecule has 0 spiro atoms. The zero-order valence-electron chi connectivity index (χ0n) is 10.9. The highest BCUT2D eigenvalue weighted by Crippen LogP contribution is 2.31. The number of benzene rings is 1. The monoisotopic (exact) mass is 228 g/mol. The first kappa shape index (κ1) is 11.4. The summed E-state index contributed by atoms with van der Waals surface area (Å²) >= 11 is 0. The predicted octanol–water partition coefficient (Wildman–Crippen LogP) is 2.34. The van der Waals surface area contributed by atoms with E-state index in [9.17, 15) is 0 Å². The smallest absolute Gasteiger partial charge is 0.0392 e. The topological polar surface area (TPSA) is 0 Å². The van der Waals surface area contributed by atoms with Gasteiger partial charge >= 0.3 is 0 Å². The van der Waals surface area contributed by atoms with Crippen LogP contribution in [-0.2, 0) is 0 Å². The van der Waals surface area contributed by atoms with Gasteiger partial charge in [0, 0.05) is 10.2 Å². The molecule has 0 saturated carbocycles. The van der Waals surface area contributed by atoms with Crippen LogP contribution in [0, 0.1) is 20.8 Å². The van der Waals surface area contributed by atoms with Crippen LogP contribution in [0.1, 0.15) is 35.6 Å². The van der Waals surface area contributed by atoms with Gasteiger partial charge < -0.3 is 0 Å². The van der Waals surface area contributed by atoms with E-state index in [2.05, 4.69) is 45.9 Å². The van der Waals surface area contributed by atoms with Gasteiger partial charge in [-0.2, -0.15) is 0 Å². The number of aryl methyl sites for hydroxylation is 1. The van der Waals surface area contributed by atoms with Gasteiger partial charge in [-0.1, -0.05) is 29.0 Å². The lowest BCUT2D eigenvalue weighted by Crippen LogP contribution is -2.14. The number of hydrogen-bond acceptors (Lipinski definition) is 0. The van der Waals surface area contributed by atoms with Crippen molar-refractivity contribution in [3.63, 3.8) is 0 Å². The van der Waals surface area contributed by atoms with Gasteiger partial charge in [0.05, 0.1) is 0 Å². The fraction of sp³-hybridized carbons (Fsp3) is 0.333. The van der Waals surface area contributed by atoms with Gasteiger partial charge in [-0.05, 0) is 62.0 Å². The van der Waals surface area contributed by atoms with Crippen LogP contribution in [0.4, 0.5) is 0 Å². The summed E-state index contributed by atoms with van der Waals surface area (Å²) in [6.45, 7) is 9.00. The zero-order valence-corrected chi connectivity index (χ0v) is 12.9. The molecule has 0 fully saturated rings. The summed E-state index contributed by atoms with van der Waals surface area (Å²) in [5.74, 6) is 0. The van der Waals surface area contributed by atoms with Crippen molar-refractivity contribution in [3.8, 4) is 0 Å². The summed E-state index contributed by atoms with van der Waals surface area (Å²) in [6, 6.07) is 2.39. The second kappa shape index (κ2) is 4.06. The highest BCUT2D eigenvalue weighted by molar-refractivity contribution is 6.34. The van der Waals surface area contributed by atoms with E-state index < -0.39 is 0 Å². The lowest BCUT2D eigenvalue weighted by Gasteiger charge is -2.16. The molecule has 0 aliphatic heterocycles. The molecule has 2 rings (SSSR count). The molecule has 1 aliphatic carbocycles. The van der Waals surface area contributed by atoms with Crippen LogP contribution < -0.4 is 5.19 Å². The minimum absolute atomic E-state index is 1.10. The van der Waals surface area contributed by atoms with E-state index in [1.54, 1.807) is 5.19 Å². The van der Waals surface area contributed by atoms with E-state index in [0.29, 0.717) is 0 Å². The Morgan fingerprint density at radius 1 is 1.06 bits per heavy atom. The van der Waals surface area contributed by atoms with Crippen LogP contribution in [0.2, 0.25) is 0 Å². The molecule has 0 aromatic heterocycles. The van der Waals surface area contributed by atoms with Crippen molar-refractivity contribution < 1.29 is 0 Å². The Bertz CT molecular complexity index is 505. The number of hydrogen-bond donors (Lipinski definition) is 0. The van der Waals surface area contributed by atoms with Gasteiger partial charge in [-0.25, -0.2) is 0 Å². The Morgan fingerprint density at radius 3 is 2.31 bits per heavy atom. The largest absolute Gasteiger partial charge is 0.0798 e. The zero-order chi connectivity index (χ0) is 11.9. The van der Waals surface area contributed by atoms with E-state index in [-0.39, 0.29) is 0 Å². The summed E-state index contributed by atoms with van der Waals surface area (Å²) in [7, 11) is 1.15. The lowest BCUT2D eigenvalue weighted by molar-refractivity contribution is 1.27. The Morgan fingerprint density at radius 2 is 1.75 bits per heavy atom. The fourth-order valence-corrected chi connectivity index (χ4v) is 2.98. The molecule has 0 N–H and O–H groups in total. The van der Waals surface area contributed by atoms with E-state index in [4.69, 9.17) is 0 Å². The van der Waals surface area contributed by atoms with Gasteiger partial charge in [0.25, 0.3) is 0 Å². The normalized spacial score (nSPS) is 15.2. The Labute approximate surface area is 102 Å². The highest BCUT2D eigenvalue weighted by Gasteiger charge is 2.13. The molecule has 0 heterocycles. The summed E-state index contributed by atoms with van der Waals surface area (Å²) in [5.41, 5.74) is 8.88. The summed E-state index contributed by atoms with van der Waals surface area (Å²) in [5, 5.41) is 1.57. The second-order valence-electron chi connectivity index (χ2n) is 4.88. The van der Waals surface area contributed by atoms with E-state index >= 15 is 0 Å². The molecule has 0 unspecified atom stereocenters. The maximum atomic E-state index is 2.39. The molecular formula is C15H20Si. The molecule has 1 heteroatoms. The van der Waals surface area contributed by atoms with Crippen LogP contribution in [0.15, 0.2) is 23.8 Å². The average molecular weight is 228 g/mol. The van der Waals surface area contributed by atoms with Crippen molar-refractivity contribution in [2.24, 2.45) is 0 Å². The SMILES string of the molecule is CC1=C(c2cc(C)c([SiH3])c(C)c2C)CC=C1. The molecule has 0 saturated heterocycles.